The van der Waals surface area contributed by atoms with E-state index in [1.165, 1.54) is 12.1 Å². The number of phenols is 1. The average Bonchev–Trinajstić information content (AvgIpc) is 3.20. The van der Waals surface area contributed by atoms with Crippen molar-refractivity contribution in [1.82, 2.24) is 9.97 Å². The summed E-state index contributed by atoms with van der Waals surface area (Å²) in [6.07, 6.45) is 2.02. The van der Waals surface area contributed by atoms with Gasteiger partial charge in [-0.25, -0.2) is 9.37 Å². The lowest BCUT2D eigenvalue weighted by Gasteiger charge is -2.06. The van der Waals surface area contributed by atoms with Crippen molar-refractivity contribution in [2.45, 2.75) is 18.8 Å². The predicted octanol–water partition coefficient (Wildman–Crippen LogP) is 2.92. The molecule has 1 aromatic heterocycles. The molecular weight excluding hydrogens is 315 g/mol. The summed E-state index contributed by atoms with van der Waals surface area (Å²) in [5, 5.41) is 9.17. The summed E-state index contributed by atoms with van der Waals surface area (Å²) < 4.78 is 13.8. The lowest BCUT2D eigenvalue weighted by molar-refractivity contribution is 0.432. The maximum atomic E-state index is 13.3. The molecule has 0 saturated heterocycles. The first-order valence-electron chi connectivity index (χ1n) is 5.85. The first kappa shape index (κ1) is 12.3. The van der Waals surface area contributed by atoms with Crippen LogP contribution in [-0.2, 0) is 0 Å². The van der Waals surface area contributed by atoms with Gasteiger partial charge in [-0.15, -0.1) is 0 Å². The normalized spacial score (nSPS) is 14.6. The number of H-pyrrole nitrogens is 1. The van der Waals surface area contributed by atoms with Crippen molar-refractivity contribution in [2.75, 3.05) is 0 Å². The number of benzene rings is 1. The van der Waals surface area contributed by atoms with Crippen LogP contribution in [0.15, 0.2) is 27.5 Å². The number of phenolic OH excluding ortho intramolecular Hbond substituents is 1. The minimum Gasteiger partial charge on any atom is -0.505 e. The van der Waals surface area contributed by atoms with E-state index in [4.69, 9.17) is 5.11 Å². The fourth-order valence-electron chi connectivity index (χ4n) is 1.89. The van der Waals surface area contributed by atoms with Crippen LogP contribution < -0.4 is 5.56 Å². The average molecular weight is 325 g/mol. The molecule has 1 aliphatic carbocycles. The first-order chi connectivity index (χ1) is 9.06. The maximum Gasteiger partial charge on any atom is 0.265 e. The van der Waals surface area contributed by atoms with Crippen molar-refractivity contribution in [1.29, 1.82) is 0 Å². The monoisotopic (exact) mass is 324 g/mol. The van der Waals surface area contributed by atoms with E-state index in [1.54, 1.807) is 0 Å². The zero-order chi connectivity index (χ0) is 13.6. The number of aromatic hydroxyl groups is 1. The Hall–Kier alpha value is -1.69. The molecule has 6 heteroatoms. The van der Waals surface area contributed by atoms with Crippen LogP contribution in [0.3, 0.4) is 0 Å². The Balaban J connectivity index is 2.14. The van der Waals surface area contributed by atoms with Gasteiger partial charge >= 0.3 is 0 Å². The molecular formula is C13H10BrFN2O2. The SMILES string of the molecule is O=c1[nH]c(-c2ccc(O)c(F)c2)nc(C2CC2)c1Br. The van der Waals surface area contributed by atoms with E-state index < -0.39 is 11.6 Å². The summed E-state index contributed by atoms with van der Waals surface area (Å²) in [6, 6.07) is 3.91. The highest BCUT2D eigenvalue weighted by atomic mass is 79.9. The number of nitrogens with zero attached hydrogens (tertiary/aromatic N) is 1. The fraction of sp³-hybridized carbons (Fsp3) is 0.231. The van der Waals surface area contributed by atoms with Crippen molar-refractivity contribution in [3.8, 4) is 17.1 Å². The van der Waals surface area contributed by atoms with Crippen LogP contribution in [0.25, 0.3) is 11.4 Å². The Bertz CT molecular complexity index is 710. The third kappa shape index (κ3) is 2.28. The molecule has 0 unspecified atom stereocenters. The van der Waals surface area contributed by atoms with Gasteiger partial charge in [-0.3, -0.25) is 4.79 Å². The van der Waals surface area contributed by atoms with Gasteiger partial charge in [0, 0.05) is 11.5 Å². The Kier molecular flexibility index (Phi) is 2.89. The quantitative estimate of drug-likeness (QED) is 0.892. The van der Waals surface area contributed by atoms with E-state index in [0.717, 1.165) is 18.9 Å². The Morgan fingerprint density at radius 1 is 1.42 bits per heavy atom. The van der Waals surface area contributed by atoms with E-state index in [0.29, 0.717) is 27.5 Å². The molecule has 19 heavy (non-hydrogen) atoms. The smallest absolute Gasteiger partial charge is 0.265 e. The number of aromatic nitrogens is 2. The van der Waals surface area contributed by atoms with Crippen molar-refractivity contribution in [3.63, 3.8) is 0 Å². The minimum absolute atomic E-state index is 0.277. The standard InChI is InChI=1S/C13H10BrFN2O2/c14-10-11(6-1-2-6)16-12(17-13(10)19)7-3-4-9(18)8(15)5-7/h3-6,18H,1-2H2,(H,16,17,19). The van der Waals surface area contributed by atoms with Crippen LogP contribution in [0.4, 0.5) is 4.39 Å². The highest BCUT2D eigenvalue weighted by molar-refractivity contribution is 9.10. The molecule has 0 amide bonds. The number of hydrogen-bond acceptors (Lipinski definition) is 3. The zero-order valence-corrected chi connectivity index (χ0v) is 11.4. The van der Waals surface area contributed by atoms with Gasteiger partial charge < -0.3 is 10.1 Å². The zero-order valence-electron chi connectivity index (χ0n) is 9.78. The Labute approximate surface area is 116 Å². The molecule has 98 valence electrons. The molecule has 0 aliphatic heterocycles. The van der Waals surface area contributed by atoms with Gasteiger partial charge in [0.25, 0.3) is 5.56 Å². The van der Waals surface area contributed by atoms with E-state index >= 15 is 0 Å². The fourth-order valence-corrected chi connectivity index (χ4v) is 2.41. The lowest BCUT2D eigenvalue weighted by atomic mass is 10.2. The number of halogens is 2. The second kappa shape index (κ2) is 4.45. The molecule has 2 N–H and O–H groups in total. The van der Waals surface area contributed by atoms with Crippen LogP contribution in [0.1, 0.15) is 24.5 Å². The van der Waals surface area contributed by atoms with E-state index in [9.17, 15) is 9.18 Å². The van der Waals surface area contributed by atoms with Crippen LogP contribution in [0.2, 0.25) is 0 Å². The van der Waals surface area contributed by atoms with E-state index in [-0.39, 0.29) is 5.56 Å². The van der Waals surface area contributed by atoms with Crippen molar-refractivity contribution < 1.29 is 9.50 Å². The summed E-state index contributed by atoms with van der Waals surface area (Å²) in [5.41, 5.74) is 0.870. The van der Waals surface area contributed by atoms with Gasteiger partial charge in [-0.05, 0) is 47.0 Å². The third-order valence-corrected chi connectivity index (χ3v) is 3.84. The molecule has 4 nitrogen and oxygen atoms in total. The molecule has 2 aromatic rings. The molecule has 3 rings (SSSR count). The van der Waals surface area contributed by atoms with Gasteiger partial charge in [0.15, 0.2) is 11.6 Å². The van der Waals surface area contributed by atoms with Crippen molar-refractivity contribution >= 4 is 15.9 Å². The highest BCUT2D eigenvalue weighted by Gasteiger charge is 2.29. The Morgan fingerprint density at radius 3 is 2.79 bits per heavy atom. The number of hydrogen-bond donors (Lipinski definition) is 2. The second-order valence-electron chi connectivity index (χ2n) is 4.55. The third-order valence-electron chi connectivity index (χ3n) is 3.07. The summed E-state index contributed by atoms with van der Waals surface area (Å²) in [5.74, 6) is -0.548. The molecule has 0 radical (unpaired) electrons. The summed E-state index contributed by atoms with van der Waals surface area (Å²) >= 11 is 3.23. The molecule has 1 fully saturated rings. The van der Waals surface area contributed by atoms with Crippen LogP contribution in [0.5, 0.6) is 5.75 Å². The number of rotatable bonds is 2. The van der Waals surface area contributed by atoms with E-state index in [2.05, 4.69) is 25.9 Å². The second-order valence-corrected chi connectivity index (χ2v) is 5.35. The largest absolute Gasteiger partial charge is 0.505 e. The molecule has 1 aliphatic rings. The van der Waals surface area contributed by atoms with Gasteiger partial charge in [0.05, 0.1) is 5.69 Å². The number of nitrogens with one attached hydrogen (secondary N) is 1. The van der Waals surface area contributed by atoms with Gasteiger partial charge in [-0.2, -0.15) is 0 Å². The molecule has 1 aromatic carbocycles. The van der Waals surface area contributed by atoms with Crippen LogP contribution in [-0.4, -0.2) is 15.1 Å². The highest BCUT2D eigenvalue weighted by Crippen LogP contribution is 2.41. The molecule has 0 atom stereocenters. The summed E-state index contributed by atoms with van der Waals surface area (Å²) in [7, 11) is 0. The molecule has 0 spiro atoms. The van der Waals surface area contributed by atoms with Crippen molar-refractivity contribution in [3.05, 3.63) is 44.5 Å². The van der Waals surface area contributed by atoms with Gasteiger partial charge in [0.2, 0.25) is 0 Å². The molecule has 1 heterocycles. The summed E-state index contributed by atoms with van der Waals surface area (Å²) in [4.78, 5) is 18.8. The maximum absolute atomic E-state index is 13.3. The Morgan fingerprint density at radius 2 is 2.16 bits per heavy atom. The first-order valence-corrected chi connectivity index (χ1v) is 6.64. The topological polar surface area (TPSA) is 66.0 Å². The summed E-state index contributed by atoms with van der Waals surface area (Å²) in [6.45, 7) is 0. The molecule has 1 saturated carbocycles. The molecule has 0 bridgehead atoms. The van der Waals surface area contributed by atoms with Crippen molar-refractivity contribution in [2.24, 2.45) is 0 Å². The number of aromatic amines is 1. The predicted molar refractivity (Wildman–Crippen MR) is 71.6 cm³/mol. The van der Waals surface area contributed by atoms with E-state index in [1.807, 2.05) is 0 Å². The van der Waals surface area contributed by atoms with Crippen LogP contribution >= 0.6 is 15.9 Å². The minimum atomic E-state index is -0.740. The van der Waals surface area contributed by atoms with Crippen LogP contribution in [0, 0.1) is 5.82 Å². The van der Waals surface area contributed by atoms with Gasteiger partial charge in [0.1, 0.15) is 10.3 Å². The van der Waals surface area contributed by atoms with Gasteiger partial charge in [-0.1, -0.05) is 0 Å². The lowest BCUT2D eigenvalue weighted by Crippen LogP contribution is -2.13.